The Morgan fingerprint density at radius 3 is 2.37 bits per heavy atom. The molecule has 1 N–H and O–H groups in total. The van der Waals surface area contributed by atoms with Gasteiger partial charge in [0.05, 0.1) is 27.1 Å². The van der Waals surface area contributed by atoms with Gasteiger partial charge in [0, 0.05) is 18.1 Å². The van der Waals surface area contributed by atoms with Crippen molar-refractivity contribution in [1.82, 2.24) is 4.90 Å². The quantitative estimate of drug-likeness (QED) is 0.529. The average molecular weight is 471 g/mol. The Morgan fingerprint density at radius 2 is 1.80 bits per heavy atom. The summed E-state index contributed by atoms with van der Waals surface area (Å²) in [7, 11) is 0. The Kier molecular flexibility index (Phi) is 8.29. The van der Waals surface area contributed by atoms with Crippen LogP contribution in [-0.4, -0.2) is 41.9 Å². The number of rotatable bonds is 7. The Morgan fingerprint density at radius 1 is 1.17 bits per heavy atom. The molecule has 2 amide bonds. The maximum Gasteiger partial charge on any atom is 0.341 e. The van der Waals surface area contributed by atoms with Crippen LogP contribution >= 0.6 is 34.5 Å². The molecule has 2 rings (SSSR count). The SMILES string of the molecule is CCN(CC)C(=O)c1sc(NC(=O)c2cc(Cl)ccc2Cl)c(C(=O)OC(C)C)c1C. The van der Waals surface area contributed by atoms with Gasteiger partial charge in [0.25, 0.3) is 11.8 Å². The number of hydrogen-bond donors (Lipinski definition) is 1. The molecule has 0 aliphatic heterocycles. The lowest BCUT2D eigenvalue weighted by atomic mass is 10.1. The Hall–Kier alpha value is -2.09. The summed E-state index contributed by atoms with van der Waals surface area (Å²) in [5.74, 6) is -1.35. The van der Waals surface area contributed by atoms with Crippen LogP contribution < -0.4 is 5.32 Å². The normalized spacial score (nSPS) is 10.8. The first-order chi connectivity index (χ1) is 14.1. The molecule has 0 saturated carbocycles. The van der Waals surface area contributed by atoms with Crippen molar-refractivity contribution in [3.05, 3.63) is 49.8 Å². The highest BCUT2D eigenvalue weighted by atomic mass is 35.5. The van der Waals surface area contributed by atoms with Gasteiger partial charge >= 0.3 is 5.97 Å². The van der Waals surface area contributed by atoms with Crippen molar-refractivity contribution in [3.63, 3.8) is 0 Å². The highest BCUT2D eigenvalue weighted by Crippen LogP contribution is 2.35. The summed E-state index contributed by atoms with van der Waals surface area (Å²) in [6, 6.07) is 4.53. The first-order valence-corrected chi connectivity index (χ1v) is 11.1. The molecule has 6 nitrogen and oxygen atoms in total. The molecule has 0 fully saturated rings. The molecule has 0 radical (unpaired) electrons. The lowest BCUT2D eigenvalue weighted by molar-refractivity contribution is 0.0379. The second kappa shape index (κ2) is 10.3. The molecule has 0 unspecified atom stereocenters. The van der Waals surface area contributed by atoms with E-state index >= 15 is 0 Å². The number of halogens is 2. The van der Waals surface area contributed by atoms with E-state index in [-0.39, 0.29) is 33.2 Å². The number of hydrogen-bond acceptors (Lipinski definition) is 5. The third-order valence-corrected chi connectivity index (χ3v) is 6.10. The van der Waals surface area contributed by atoms with Crippen molar-refractivity contribution in [3.8, 4) is 0 Å². The molecule has 9 heteroatoms. The second-order valence-electron chi connectivity index (χ2n) is 6.77. The standard InChI is InChI=1S/C21H24Cl2N2O4S/c1-6-25(7-2)20(27)17-12(5)16(21(28)29-11(3)4)19(30-17)24-18(26)14-10-13(22)8-9-15(14)23/h8-11H,6-7H2,1-5H3,(H,24,26). The van der Waals surface area contributed by atoms with Crippen LogP contribution in [0, 0.1) is 6.92 Å². The fourth-order valence-electron chi connectivity index (χ4n) is 2.82. The monoisotopic (exact) mass is 470 g/mol. The number of anilines is 1. The van der Waals surface area contributed by atoms with Crippen LogP contribution in [-0.2, 0) is 4.74 Å². The van der Waals surface area contributed by atoms with Crippen LogP contribution in [0.25, 0.3) is 0 Å². The molecule has 30 heavy (non-hydrogen) atoms. The highest BCUT2D eigenvalue weighted by molar-refractivity contribution is 7.18. The van der Waals surface area contributed by atoms with Gasteiger partial charge in [0.2, 0.25) is 0 Å². The Balaban J connectivity index is 2.52. The predicted octanol–water partition coefficient (Wildman–Crippen LogP) is 5.66. The van der Waals surface area contributed by atoms with Crippen molar-refractivity contribution >= 4 is 57.3 Å². The van der Waals surface area contributed by atoms with E-state index < -0.39 is 11.9 Å². The first kappa shape index (κ1) is 24.2. The number of nitrogens with one attached hydrogen (secondary N) is 1. The van der Waals surface area contributed by atoms with Crippen LogP contribution in [0.15, 0.2) is 18.2 Å². The van der Waals surface area contributed by atoms with Gasteiger partial charge in [-0.3, -0.25) is 9.59 Å². The zero-order valence-corrected chi connectivity index (χ0v) is 19.8. The lowest BCUT2D eigenvalue weighted by Crippen LogP contribution is -2.30. The fraction of sp³-hybridized carbons (Fsp3) is 0.381. The number of esters is 1. The van der Waals surface area contributed by atoms with E-state index in [4.69, 9.17) is 27.9 Å². The van der Waals surface area contributed by atoms with E-state index in [0.717, 1.165) is 11.3 Å². The topological polar surface area (TPSA) is 75.7 Å². The summed E-state index contributed by atoms with van der Waals surface area (Å²) in [5.41, 5.74) is 0.792. The van der Waals surface area contributed by atoms with E-state index in [1.807, 2.05) is 13.8 Å². The molecule has 2 aromatic rings. The predicted molar refractivity (Wildman–Crippen MR) is 121 cm³/mol. The van der Waals surface area contributed by atoms with E-state index in [9.17, 15) is 14.4 Å². The van der Waals surface area contributed by atoms with Crippen molar-refractivity contribution in [2.75, 3.05) is 18.4 Å². The summed E-state index contributed by atoms with van der Waals surface area (Å²) in [6.45, 7) is 9.93. The number of carbonyl (C=O) groups is 3. The summed E-state index contributed by atoms with van der Waals surface area (Å²) < 4.78 is 5.34. The van der Waals surface area contributed by atoms with Crippen molar-refractivity contribution in [2.45, 2.75) is 40.7 Å². The minimum Gasteiger partial charge on any atom is -0.459 e. The van der Waals surface area contributed by atoms with Gasteiger partial charge in [-0.25, -0.2) is 4.79 Å². The number of nitrogens with zero attached hydrogens (tertiary/aromatic N) is 1. The van der Waals surface area contributed by atoms with Gasteiger partial charge < -0.3 is 15.0 Å². The third-order valence-electron chi connectivity index (χ3n) is 4.34. The molecule has 0 spiro atoms. The number of benzene rings is 1. The third kappa shape index (κ3) is 5.33. The van der Waals surface area contributed by atoms with Gasteiger partial charge in [-0.05, 0) is 58.4 Å². The summed E-state index contributed by atoms with van der Waals surface area (Å²) >= 11 is 13.1. The summed E-state index contributed by atoms with van der Waals surface area (Å²) in [6.07, 6.45) is -0.357. The maximum absolute atomic E-state index is 12.9. The molecule has 0 aliphatic carbocycles. The van der Waals surface area contributed by atoms with E-state index in [1.54, 1.807) is 31.7 Å². The number of amides is 2. The van der Waals surface area contributed by atoms with Crippen molar-refractivity contribution in [1.29, 1.82) is 0 Å². The molecular weight excluding hydrogens is 447 g/mol. The van der Waals surface area contributed by atoms with E-state index in [1.165, 1.54) is 12.1 Å². The van der Waals surface area contributed by atoms with Crippen LogP contribution in [0.2, 0.25) is 10.0 Å². The summed E-state index contributed by atoms with van der Waals surface area (Å²) in [5, 5.41) is 3.51. The zero-order valence-electron chi connectivity index (χ0n) is 17.5. The van der Waals surface area contributed by atoms with Crippen LogP contribution in [0.4, 0.5) is 5.00 Å². The van der Waals surface area contributed by atoms with Gasteiger partial charge in [-0.15, -0.1) is 11.3 Å². The average Bonchev–Trinajstić information content (AvgIpc) is 2.99. The van der Waals surface area contributed by atoms with Gasteiger partial charge in [0.15, 0.2) is 0 Å². The number of ether oxygens (including phenoxy) is 1. The minimum absolute atomic E-state index is 0.162. The first-order valence-electron chi connectivity index (χ1n) is 9.50. The lowest BCUT2D eigenvalue weighted by Gasteiger charge is -2.18. The number of thiophene rings is 1. The zero-order chi connectivity index (χ0) is 22.6. The molecule has 0 aliphatic rings. The van der Waals surface area contributed by atoms with Gasteiger partial charge in [-0.1, -0.05) is 23.2 Å². The highest BCUT2D eigenvalue weighted by Gasteiger charge is 2.29. The fourth-order valence-corrected chi connectivity index (χ4v) is 4.35. The van der Waals surface area contributed by atoms with Gasteiger partial charge in [-0.2, -0.15) is 0 Å². The smallest absolute Gasteiger partial charge is 0.341 e. The molecule has 1 heterocycles. The van der Waals surface area contributed by atoms with Crippen LogP contribution in [0.3, 0.4) is 0 Å². The molecule has 0 saturated heterocycles. The molecule has 1 aromatic carbocycles. The molecular formula is C21H24Cl2N2O4S. The molecule has 1 aromatic heterocycles. The van der Waals surface area contributed by atoms with Crippen LogP contribution in [0.1, 0.15) is 63.6 Å². The largest absolute Gasteiger partial charge is 0.459 e. The van der Waals surface area contributed by atoms with Crippen molar-refractivity contribution in [2.24, 2.45) is 0 Å². The summed E-state index contributed by atoms with van der Waals surface area (Å²) in [4.78, 5) is 40.5. The molecule has 162 valence electrons. The van der Waals surface area contributed by atoms with E-state index in [2.05, 4.69) is 5.32 Å². The Bertz CT molecular complexity index is 968. The molecule has 0 atom stereocenters. The van der Waals surface area contributed by atoms with E-state index in [0.29, 0.717) is 28.6 Å². The van der Waals surface area contributed by atoms with Gasteiger partial charge in [0.1, 0.15) is 5.00 Å². The minimum atomic E-state index is -0.607. The molecule has 0 bridgehead atoms. The maximum atomic E-state index is 12.9. The van der Waals surface area contributed by atoms with Crippen molar-refractivity contribution < 1.29 is 19.1 Å². The number of carbonyl (C=O) groups excluding carboxylic acids is 3. The second-order valence-corrected chi connectivity index (χ2v) is 8.63. The van der Waals surface area contributed by atoms with Crippen LogP contribution in [0.5, 0.6) is 0 Å². The Labute approximate surface area is 190 Å².